The minimum absolute atomic E-state index is 0.471. The van der Waals surface area contributed by atoms with E-state index in [4.69, 9.17) is 5.26 Å². The van der Waals surface area contributed by atoms with Crippen LogP contribution in [-0.4, -0.2) is 9.78 Å². The smallest absolute Gasteiger partial charge is 0.0669 e. The second-order valence-electron chi connectivity index (χ2n) is 3.88. The van der Waals surface area contributed by atoms with Gasteiger partial charge in [0.1, 0.15) is 0 Å². The summed E-state index contributed by atoms with van der Waals surface area (Å²) < 4.78 is 1.79. The second-order valence-corrected chi connectivity index (χ2v) is 3.88. The van der Waals surface area contributed by atoms with Gasteiger partial charge in [-0.3, -0.25) is 4.68 Å². The van der Waals surface area contributed by atoms with Crippen LogP contribution in [0, 0.1) is 18.3 Å². The van der Waals surface area contributed by atoms with Gasteiger partial charge in [0, 0.05) is 18.8 Å². The Balaban J connectivity index is 2.38. The average molecular weight is 211 g/mol. The highest BCUT2D eigenvalue weighted by Gasteiger charge is 2.03. The summed E-state index contributed by atoms with van der Waals surface area (Å²) in [5.74, 6) is 0. The van der Waals surface area contributed by atoms with Gasteiger partial charge in [-0.2, -0.15) is 10.4 Å². The van der Waals surface area contributed by atoms with Crippen LogP contribution in [0.25, 0.3) is 11.1 Å². The van der Waals surface area contributed by atoms with Gasteiger partial charge in [0.25, 0.3) is 0 Å². The molecule has 0 atom stereocenters. The van der Waals surface area contributed by atoms with E-state index in [2.05, 4.69) is 17.2 Å². The summed E-state index contributed by atoms with van der Waals surface area (Å²) in [7, 11) is 1.90. The maximum Gasteiger partial charge on any atom is 0.0669 e. The molecule has 1 aromatic carbocycles. The van der Waals surface area contributed by atoms with Crippen molar-refractivity contribution in [3.05, 3.63) is 41.7 Å². The molecule has 16 heavy (non-hydrogen) atoms. The second kappa shape index (κ2) is 4.19. The van der Waals surface area contributed by atoms with Gasteiger partial charge in [0.2, 0.25) is 0 Å². The van der Waals surface area contributed by atoms with Crippen molar-refractivity contribution in [3.63, 3.8) is 0 Å². The van der Waals surface area contributed by atoms with Crippen molar-refractivity contribution < 1.29 is 0 Å². The molecule has 0 amide bonds. The highest BCUT2D eigenvalue weighted by atomic mass is 15.2. The molecule has 0 aliphatic heterocycles. The molecule has 0 N–H and O–H groups in total. The molecule has 3 nitrogen and oxygen atoms in total. The van der Waals surface area contributed by atoms with Gasteiger partial charge < -0.3 is 0 Å². The first-order chi connectivity index (χ1) is 7.70. The number of aryl methyl sites for hydroxylation is 2. The normalized spacial score (nSPS) is 10.1. The molecule has 0 saturated heterocycles. The van der Waals surface area contributed by atoms with E-state index in [-0.39, 0.29) is 0 Å². The lowest BCUT2D eigenvalue weighted by Gasteiger charge is -2.04. The van der Waals surface area contributed by atoms with Crippen molar-refractivity contribution in [3.8, 4) is 17.2 Å². The standard InChI is InChI=1S/C13H13N3/c1-10-7-12(4-3-11(10)5-6-14)13-8-15-16(2)9-13/h3-4,7-9H,5H2,1-2H3. The number of hydrogen-bond donors (Lipinski definition) is 0. The minimum atomic E-state index is 0.471. The van der Waals surface area contributed by atoms with E-state index >= 15 is 0 Å². The molecule has 0 unspecified atom stereocenters. The lowest BCUT2D eigenvalue weighted by Crippen LogP contribution is -1.88. The number of benzene rings is 1. The molecule has 0 aliphatic rings. The highest BCUT2D eigenvalue weighted by Crippen LogP contribution is 2.21. The largest absolute Gasteiger partial charge is 0.275 e. The molecule has 1 aromatic heterocycles. The van der Waals surface area contributed by atoms with Crippen LogP contribution in [0.4, 0.5) is 0 Å². The van der Waals surface area contributed by atoms with Crippen molar-refractivity contribution in [2.75, 3.05) is 0 Å². The summed E-state index contributed by atoms with van der Waals surface area (Å²) in [5.41, 5.74) is 4.50. The maximum atomic E-state index is 8.67. The van der Waals surface area contributed by atoms with Crippen LogP contribution in [0.3, 0.4) is 0 Å². The van der Waals surface area contributed by atoms with Gasteiger partial charge >= 0.3 is 0 Å². The Morgan fingerprint density at radius 3 is 2.75 bits per heavy atom. The Morgan fingerprint density at radius 1 is 1.38 bits per heavy atom. The van der Waals surface area contributed by atoms with Crippen LogP contribution < -0.4 is 0 Å². The number of hydrogen-bond acceptors (Lipinski definition) is 2. The van der Waals surface area contributed by atoms with Crippen LogP contribution in [-0.2, 0) is 13.5 Å². The third kappa shape index (κ3) is 1.96. The first-order valence-electron chi connectivity index (χ1n) is 5.16. The van der Waals surface area contributed by atoms with E-state index in [1.54, 1.807) is 4.68 Å². The van der Waals surface area contributed by atoms with Crippen LogP contribution in [0.1, 0.15) is 11.1 Å². The van der Waals surface area contributed by atoms with Crippen molar-refractivity contribution >= 4 is 0 Å². The molecule has 0 bridgehead atoms. The van der Waals surface area contributed by atoms with E-state index in [1.165, 1.54) is 0 Å². The van der Waals surface area contributed by atoms with E-state index in [1.807, 2.05) is 38.5 Å². The molecule has 3 heteroatoms. The molecular weight excluding hydrogens is 198 g/mol. The topological polar surface area (TPSA) is 41.6 Å². The van der Waals surface area contributed by atoms with Crippen LogP contribution >= 0.6 is 0 Å². The third-order valence-electron chi connectivity index (χ3n) is 2.65. The molecule has 0 aliphatic carbocycles. The van der Waals surface area contributed by atoms with E-state index in [9.17, 15) is 0 Å². The number of nitrogens with zero attached hydrogens (tertiary/aromatic N) is 3. The molecule has 2 rings (SSSR count). The van der Waals surface area contributed by atoms with Gasteiger partial charge in [-0.25, -0.2) is 0 Å². The third-order valence-corrected chi connectivity index (χ3v) is 2.65. The summed E-state index contributed by atoms with van der Waals surface area (Å²) >= 11 is 0. The molecule has 0 fully saturated rings. The predicted octanol–water partition coefficient (Wildman–Crippen LogP) is 2.46. The Kier molecular flexibility index (Phi) is 2.74. The fourth-order valence-corrected chi connectivity index (χ4v) is 1.73. The zero-order valence-corrected chi connectivity index (χ0v) is 9.44. The zero-order chi connectivity index (χ0) is 11.5. The van der Waals surface area contributed by atoms with Crippen LogP contribution in [0.5, 0.6) is 0 Å². The van der Waals surface area contributed by atoms with Gasteiger partial charge in [-0.1, -0.05) is 18.2 Å². The molecular formula is C13H13N3. The zero-order valence-electron chi connectivity index (χ0n) is 9.44. The van der Waals surface area contributed by atoms with Crippen LogP contribution in [0.15, 0.2) is 30.6 Å². The molecule has 0 radical (unpaired) electrons. The molecule has 0 spiro atoms. The van der Waals surface area contributed by atoms with E-state index < -0.39 is 0 Å². The summed E-state index contributed by atoms with van der Waals surface area (Å²) in [5, 5.41) is 12.8. The predicted molar refractivity (Wildman–Crippen MR) is 62.7 cm³/mol. The van der Waals surface area contributed by atoms with Gasteiger partial charge in [0.15, 0.2) is 0 Å². The molecule has 80 valence electrons. The fraction of sp³-hybridized carbons (Fsp3) is 0.231. The minimum Gasteiger partial charge on any atom is -0.275 e. The number of nitriles is 1. The highest BCUT2D eigenvalue weighted by molar-refractivity contribution is 5.63. The Bertz CT molecular complexity index is 547. The van der Waals surface area contributed by atoms with Gasteiger partial charge in [-0.15, -0.1) is 0 Å². The Hall–Kier alpha value is -2.08. The van der Waals surface area contributed by atoms with Gasteiger partial charge in [-0.05, 0) is 23.6 Å². The lowest BCUT2D eigenvalue weighted by molar-refractivity contribution is 0.768. The summed E-state index contributed by atoms with van der Waals surface area (Å²) in [6.07, 6.45) is 4.30. The number of aromatic nitrogens is 2. The van der Waals surface area contributed by atoms with Crippen LogP contribution in [0.2, 0.25) is 0 Å². The Labute approximate surface area is 94.9 Å². The monoisotopic (exact) mass is 211 g/mol. The van der Waals surface area contributed by atoms with E-state index in [0.29, 0.717) is 6.42 Å². The SMILES string of the molecule is Cc1cc(-c2cnn(C)c2)ccc1CC#N. The summed E-state index contributed by atoms with van der Waals surface area (Å²) in [6.45, 7) is 2.03. The fourth-order valence-electron chi connectivity index (χ4n) is 1.73. The molecule has 0 saturated carbocycles. The van der Waals surface area contributed by atoms with Crippen molar-refractivity contribution in [2.45, 2.75) is 13.3 Å². The summed E-state index contributed by atoms with van der Waals surface area (Å²) in [6, 6.07) is 8.33. The molecule has 2 aromatic rings. The van der Waals surface area contributed by atoms with Gasteiger partial charge in [0.05, 0.1) is 18.7 Å². The Morgan fingerprint density at radius 2 is 2.19 bits per heavy atom. The average Bonchev–Trinajstić information content (AvgIpc) is 2.68. The summed E-state index contributed by atoms with van der Waals surface area (Å²) in [4.78, 5) is 0. The number of rotatable bonds is 2. The van der Waals surface area contributed by atoms with E-state index in [0.717, 1.165) is 22.3 Å². The first kappa shape index (κ1) is 10.4. The molecule has 1 heterocycles. The quantitative estimate of drug-likeness (QED) is 0.765. The first-order valence-corrected chi connectivity index (χ1v) is 5.16. The maximum absolute atomic E-state index is 8.67. The van der Waals surface area contributed by atoms with Crippen molar-refractivity contribution in [2.24, 2.45) is 7.05 Å². The lowest BCUT2D eigenvalue weighted by atomic mass is 10.0. The van der Waals surface area contributed by atoms with Crippen molar-refractivity contribution in [1.82, 2.24) is 9.78 Å². The van der Waals surface area contributed by atoms with Crippen molar-refractivity contribution in [1.29, 1.82) is 5.26 Å².